The van der Waals surface area contributed by atoms with Crippen molar-refractivity contribution in [2.24, 2.45) is 0 Å². The Morgan fingerprint density at radius 3 is 2.24 bits per heavy atom. The van der Waals surface area contributed by atoms with Crippen molar-refractivity contribution in [2.45, 2.75) is 31.8 Å². The maximum absolute atomic E-state index is 13.3. The number of nitrogens with one attached hydrogen (secondary N) is 1. The lowest BCUT2D eigenvalue weighted by Crippen LogP contribution is -2.37. The van der Waals surface area contributed by atoms with Crippen molar-refractivity contribution < 1.29 is 22.7 Å². The van der Waals surface area contributed by atoms with Crippen molar-refractivity contribution >= 4 is 56.5 Å². The van der Waals surface area contributed by atoms with Crippen molar-refractivity contribution in [1.29, 1.82) is 0 Å². The highest BCUT2D eigenvalue weighted by Gasteiger charge is 2.29. The number of amides is 1. The molecule has 0 aromatic heterocycles. The zero-order valence-corrected chi connectivity index (χ0v) is 18.3. The van der Waals surface area contributed by atoms with Crippen LogP contribution in [-0.4, -0.2) is 32.9 Å². The predicted molar refractivity (Wildman–Crippen MR) is 113 cm³/mol. The van der Waals surface area contributed by atoms with Crippen LogP contribution in [-0.2, 0) is 24.3 Å². The number of halogens is 2. The van der Waals surface area contributed by atoms with Gasteiger partial charge in [-0.15, -0.1) is 0 Å². The van der Waals surface area contributed by atoms with Crippen LogP contribution in [0.5, 0.6) is 0 Å². The third-order valence-corrected chi connectivity index (χ3v) is 5.89. The van der Waals surface area contributed by atoms with E-state index in [2.05, 4.69) is 5.32 Å². The summed E-state index contributed by atoms with van der Waals surface area (Å²) in [6, 6.07) is 9.81. The first-order valence-corrected chi connectivity index (χ1v) is 10.7. The van der Waals surface area contributed by atoms with Gasteiger partial charge in [0.15, 0.2) is 0 Å². The molecule has 156 valence electrons. The molecule has 1 N–H and O–H groups in total. The minimum absolute atomic E-state index is 0.0632. The summed E-state index contributed by atoms with van der Waals surface area (Å²) < 4.78 is 32.5. The van der Waals surface area contributed by atoms with E-state index in [1.807, 2.05) is 0 Å². The molecule has 1 amide bonds. The topological polar surface area (TPSA) is 92.8 Å². The van der Waals surface area contributed by atoms with E-state index in [1.165, 1.54) is 49.4 Å². The third-order valence-electron chi connectivity index (χ3n) is 3.58. The smallest absolute Gasteiger partial charge is 0.327 e. The molecule has 0 heterocycles. The van der Waals surface area contributed by atoms with Gasteiger partial charge in [-0.1, -0.05) is 23.2 Å². The first-order valence-electron chi connectivity index (χ1n) is 8.55. The maximum Gasteiger partial charge on any atom is 0.327 e. The van der Waals surface area contributed by atoms with Crippen LogP contribution in [0.1, 0.15) is 20.8 Å². The van der Waals surface area contributed by atoms with Crippen molar-refractivity contribution in [3.8, 4) is 0 Å². The number of hydrogen-bond donors (Lipinski definition) is 1. The summed E-state index contributed by atoms with van der Waals surface area (Å²) in [4.78, 5) is 23.3. The molecule has 29 heavy (non-hydrogen) atoms. The lowest BCUT2D eigenvalue weighted by molar-refractivity contribution is -0.145. The SMILES string of the molecule is CC(=O)Nc1ccc(S(=O)(=O)N(CC(=O)OC(C)C)c2ccc(Cl)cc2Cl)cc1. The molecule has 0 spiro atoms. The Balaban J connectivity index is 2.47. The van der Waals surface area contributed by atoms with Gasteiger partial charge in [0.2, 0.25) is 5.91 Å². The van der Waals surface area contributed by atoms with Crippen LogP contribution in [0.25, 0.3) is 0 Å². The minimum atomic E-state index is -4.17. The summed E-state index contributed by atoms with van der Waals surface area (Å²) >= 11 is 12.1. The zero-order valence-electron chi connectivity index (χ0n) is 16.0. The van der Waals surface area contributed by atoms with E-state index in [-0.39, 0.29) is 21.5 Å². The van der Waals surface area contributed by atoms with Crippen molar-refractivity contribution in [1.82, 2.24) is 0 Å². The molecule has 2 aromatic rings. The molecule has 7 nitrogen and oxygen atoms in total. The number of rotatable bonds is 7. The zero-order chi connectivity index (χ0) is 21.8. The summed E-state index contributed by atoms with van der Waals surface area (Å²) in [6.45, 7) is 4.09. The molecule has 0 bridgehead atoms. The van der Waals surface area contributed by atoms with Gasteiger partial charge in [-0.05, 0) is 56.3 Å². The third kappa shape index (κ3) is 6.09. The average Bonchev–Trinajstić information content (AvgIpc) is 2.59. The fourth-order valence-corrected chi connectivity index (χ4v) is 4.43. The minimum Gasteiger partial charge on any atom is -0.462 e. The molecule has 0 unspecified atom stereocenters. The molecule has 0 fully saturated rings. The number of carbonyl (C=O) groups is 2. The van der Waals surface area contributed by atoms with E-state index in [9.17, 15) is 18.0 Å². The van der Waals surface area contributed by atoms with Gasteiger partial charge in [0.25, 0.3) is 10.0 Å². The Labute approximate surface area is 179 Å². The highest BCUT2D eigenvalue weighted by atomic mass is 35.5. The van der Waals surface area contributed by atoms with E-state index in [1.54, 1.807) is 13.8 Å². The molecule has 2 rings (SSSR count). The quantitative estimate of drug-likeness (QED) is 0.630. The van der Waals surface area contributed by atoms with Gasteiger partial charge in [-0.3, -0.25) is 13.9 Å². The van der Waals surface area contributed by atoms with Gasteiger partial charge in [0.1, 0.15) is 6.54 Å². The van der Waals surface area contributed by atoms with E-state index in [4.69, 9.17) is 27.9 Å². The number of hydrogen-bond acceptors (Lipinski definition) is 5. The first kappa shape index (κ1) is 23.0. The number of sulfonamides is 1. The fraction of sp³-hybridized carbons (Fsp3) is 0.263. The predicted octanol–water partition coefficient (Wildman–Crippen LogP) is 4.10. The molecule has 0 aliphatic heterocycles. The fourth-order valence-electron chi connectivity index (χ4n) is 2.44. The maximum atomic E-state index is 13.3. The summed E-state index contributed by atoms with van der Waals surface area (Å²) in [5.41, 5.74) is 0.523. The monoisotopic (exact) mass is 458 g/mol. The van der Waals surface area contributed by atoms with Crippen LogP contribution in [0.4, 0.5) is 11.4 Å². The number of carbonyl (C=O) groups excluding carboxylic acids is 2. The summed E-state index contributed by atoms with van der Waals surface area (Å²) in [7, 11) is -4.17. The number of nitrogens with zero attached hydrogens (tertiary/aromatic N) is 1. The Morgan fingerprint density at radius 2 is 1.72 bits per heavy atom. The van der Waals surface area contributed by atoms with Gasteiger partial charge in [0, 0.05) is 17.6 Å². The lowest BCUT2D eigenvalue weighted by Gasteiger charge is -2.25. The van der Waals surface area contributed by atoms with E-state index < -0.39 is 28.6 Å². The van der Waals surface area contributed by atoms with Crippen molar-refractivity contribution in [3.63, 3.8) is 0 Å². The van der Waals surface area contributed by atoms with E-state index in [0.717, 1.165) is 4.31 Å². The number of ether oxygens (including phenoxy) is 1. The van der Waals surface area contributed by atoms with Crippen molar-refractivity contribution in [2.75, 3.05) is 16.2 Å². The molecule has 10 heteroatoms. The Hall–Kier alpha value is -2.29. The summed E-state index contributed by atoms with van der Waals surface area (Å²) in [6.07, 6.45) is -0.412. The molecule has 0 aliphatic carbocycles. The summed E-state index contributed by atoms with van der Waals surface area (Å²) in [5, 5.41) is 2.94. The molecule has 0 saturated carbocycles. The van der Waals surface area contributed by atoms with E-state index in [0.29, 0.717) is 10.7 Å². The number of esters is 1. The van der Waals surface area contributed by atoms with Crippen molar-refractivity contribution in [3.05, 3.63) is 52.5 Å². The lowest BCUT2D eigenvalue weighted by atomic mass is 10.3. The molecule has 2 aromatic carbocycles. The second kappa shape index (κ2) is 9.47. The van der Waals surface area contributed by atoms with Gasteiger partial charge >= 0.3 is 5.97 Å². The van der Waals surface area contributed by atoms with Crippen LogP contribution in [0, 0.1) is 0 Å². The second-order valence-corrected chi connectivity index (χ2v) is 9.06. The van der Waals surface area contributed by atoms with E-state index >= 15 is 0 Å². The van der Waals surface area contributed by atoms with Gasteiger partial charge in [-0.2, -0.15) is 0 Å². The number of anilines is 2. The standard InChI is InChI=1S/C19H20Cl2N2O5S/c1-12(2)28-19(25)11-23(18-9-4-14(20)10-17(18)21)29(26,27)16-7-5-15(6-8-16)22-13(3)24/h4-10,12H,11H2,1-3H3,(H,22,24). The van der Waals surface area contributed by atoms with Gasteiger partial charge < -0.3 is 10.1 Å². The average molecular weight is 459 g/mol. The normalized spacial score (nSPS) is 11.2. The molecule has 0 aliphatic rings. The van der Waals surface area contributed by atoms with Crippen LogP contribution >= 0.6 is 23.2 Å². The largest absolute Gasteiger partial charge is 0.462 e. The molecule has 0 saturated heterocycles. The van der Waals surface area contributed by atoms with Crippen LogP contribution in [0.2, 0.25) is 10.0 Å². The van der Waals surface area contributed by atoms with Crippen LogP contribution in [0.3, 0.4) is 0 Å². The Kier molecular flexibility index (Phi) is 7.51. The van der Waals surface area contributed by atoms with Gasteiger partial charge in [0.05, 0.1) is 21.7 Å². The summed E-state index contributed by atoms with van der Waals surface area (Å²) in [5.74, 6) is -1.02. The van der Waals surface area contributed by atoms with Crippen LogP contribution in [0.15, 0.2) is 47.4 Å². The highest BCUT2D eigenvalue weighted by Crippen LogP contribution is 2.33. The molecule has 0 atom stereocenters. The Bertz CT molecular complexity index is 1010. The van der Waals surface area contributed by atoms with Gasteiger partial charge in [-0.25, -0.2) is 8.42 Å². The second-order valence-electron chi connectivity index (χ2n) is 6.35. The van der Waals surface area contributed by atoms with Crippen LogP contribution < -0.4 is 9.62 Å². The first-order chi connectivity index (χ1) is 13.5. The molecular formula is C19H20Cl2N2O5S. The molecular weight excluding hydrogens is 439 g/mol. The highest BCUT2D eigenvalue weighted by molar-refractivity contribution is 7.92. The Morgan fingerprint density at radius 1 is 1.10 bits per heavy atom. The number of benzene rings is 2. The molecule has 0 radical (unpaired) electrons.